The van der Waals surface area contributed by atoms with Gasteiger partial charge in [0.2, 0.25) is 0 Å². The Morgan fingerprint density at radius 2 is 2.03 bits per heavy atom. The molecule has 0 radical (unpaired) electrons. The summed E-state index contributed by atoms with van der Waals surface area (Å²) in [7, 11) is 0. The summed E-state index contributed by atoms with van der Waals surface area (Å²) in [6.45, 7) is 0. The number of anilines is 3. The summed E-state index contributed by atoms with van der Waals surface area (Å²) in [5, 5.41) is 10.7. The van der Waals surface area contributed by atoms with Crippen molar-refractivity contribution in [2.24, 2.45) is 11.5 Å². The van der Waals surface area contributed by atoms with Crippen LogP contribution in [0.4, 0.5) is 17.3 Å². The number of hydrogen-bond donors (Lipinski definition) is 4. The number of carbonyl (C=O) groups is 1. The average molecular weight is 392 g/mol. The highest BCUT2D eigenvalue weighted by Crippen LogP contribution is 2.24. The van der Waals surface area contributed by atoms with E-state index in [2.05, 4.69) is 25.7 Å². The monoisotopic (exact) mass is 392 g/mol. The van der Waals surface area contributed by atoms with Crippen LogP contribution in [-0.4, -0.2) is 37.7 Å². The summed E-state index contributed by atoms with van der Waals surface area (Å²) >= 11 is 0. The molecule has 150 valence electrons. The van der Waals surface area contributed by atoms with Gasteiger partial charge in [0.05, 0.1) is 17.4 Å². The Bertz CT molecular complexity index is 971. The van der Waals surface area contributed by atoms with Crippen LogP contribution < -0.4 is 22.1 Å². The molecule has 0 bridgehead atoms. The summed E-state index contributed by atoms with van der Waals surface area (Å²) in [5.74, 6) is 1.16. The van der Waals surface area contributed by atoms with Crippen LogP contribution in [0.25, 0.3) is 5.82 Å². The number of nitrogens with one attached hydrogen (secondary N) is 2. The van der Waals surface area contributed by atoms with Gasteiger partial charge in [-0.25, -0.2) is 14.6 Å². The minimum atomic E-state index is -0.554. The Hall–Kier alpha value is -3.46. The summed E-state index contributed by atoms with van der Waals surface area (Å²) in [6, 6.07) is 9.17. The van der Waals surface area contributed by atoms with Crippen molar-refractivity contribution in [2.75, 3.05) is 10.6 Å². The molecular weight excluding hydrogens is 368 g/mol. The summed E-state index contributed by atoms with van der Waals surface area (Å²) in [6.07, 6.45) is 9.45. The molecule has 0 aromatic carbocycles. The van der Waals surface area contributed by atoms with Gasteiger partial charge in [-0.1, -0.05) is 12.8 Å². The molecule has 9 heteroatoms. The predicted molar refractivity (Wildman–Crippen MR) is 111 cm³/mol. The highest BCUT2D eigenvalue weighted by molar-refractivity contribution is 5.98. The normalized spacial score (nSPS) is 18.9. The number of aromatic nitrogens is 4. The fraction of sp³-hybridized carbons (Fsp3) is 0.300. The zero-order valence-corrected chi connectivity index (χ0v) is 16.0. The molecule has 1 aliphatic carbocycles. The molecular formula is C20H24N8O. The molecule has 0 aliphatic heterocycles. The van der Waals surface area contributed by atoms with Gasteiger partial charge in [-0.05, 0) is 43.2 Å². The van der Waals surface area contributed by atoms with E-state index in [-0.39, 0.29) is 12.1 Å². The fourth-order valence-electron chi connectivity index (χ4n) is 3.50. The molecule has 0 spiro atoms. The quantitative estimate of drug-likeness (QED) is 0.504. The van der Waals surface area contributed by atoms with Crippen molar-refractivity contribution in [3.63, 3.8) is 0 Å². The molecule has 29 heavy (non-hydrogen) atoms. The minimum Gasteiger partial charge on any atom is -0.366 e. The molecule has 3 aromatic rings. The van der Waals surface area contributed by atoms with Crippen LogP contribution in [0.3, 0.4) is 0 Å². The standard InChI is InChI=1S/C20H24N8O/c21-15-4-1-2-5-16(15)26-17-8-7-14(19(22)29)20(27-17)25-13-6-9-18(23-12-13)28-11-3-10-24-28/h3,6-12,15-16H,1-2,4-5,21H2,(H2,22,29)(H2,25,26,27)/t15-,16+/m0/s1. The second kappa shape index (κ2) is 8.27. The second-order valence-electron chi connectivity index (χ2n) is 7.14. The minimum absolute atomic E-state index is 0.0943. The first-order valence-electron chi connectivity index (χ1n) is 9.66. The number of nitrogens with zero attached hydrogens (tertiary/aromatic N) is 4. The van der Waals surface area contributed by atoms with Crippen molar-refractivity contribution in [3.05, 3.63) is 54.5 Å². The Morgan fingerprint density at radius 1 is 1.17 bits per heavy atom. The smallest absolute Gasteiger partial charge is 0.252 e. The topological polar surface area (TPSA) is 137 Å². The van der Waals surface area contributed by atoms with Crippen molar-refractivity contribution in [3.8, 4) is 5.82 Å². The highest BCUT2D eigenvalue weighted by Gasteiger charge is 2.22. The maximum Gasteiger partial charge on any atom is 0.252 e. The van der Waals surface area contributed by atoms with E-state index in [0.29, 0.717) is 28.7 Å². The molecule has 3 aromatic heterocycles. The highest BCUT2D eigenvalue weighted by atomic mass is 16.1. The number of carbonyl (C=O) groups excluding carboxylic acids is 1. The maximum atomic E-state index is 11.8. The molecule has 3 heterocycles. The van der Waals surface area contributed by atoms with Gasteiger partial charge in [0, 0.05) is 24.5 Å². The summed E-state index contributed by atoms with van der Waals surface area (Å²) < 4.78 is 1.66. The van der Waals surface area contributed by atoms with Gasteiger partial charge in [-0.15, -0.1) is 0 Å². The lowest BCUT2D eigenvalue weighted by Gasteiger charge is -2.29. The van der Waals surface area contributed by atoms with Crippen molar-refractivity contribution in [2.45, 2.75) is 37.8 Å². The van der Waals surface area contributed by atoms with Crippen LogP contribution in [0.2, 0.25) is 0 Å². The zero-order chi connectivity index (χ0) is 20.2. The van der Waals surface area contributed by atoms with Crippen LogP contribution in [0, 0.1) is 0 Å². The fourth-order valence-corrected chi connectivity index (χ4v) is 3.50. The molecule has 6 N–H and O–H groups in total. The largest absolute Gasteiger partial charge is 0.366 e. The van der Waals surface area contributed by atoms with Gasteiger partial charge in [-0.2, -0.15) is 5.10 Å². The van der Waals surface area contributed by atoms with E-state index < -0.39 is 5.91 Å². The first-order chi connectivity index (χ1) is 14.1. The molecule has 4 rings (SSSR count). The third kappa shape index (κ3) is 4.35. The molecule has 1 aliphatic rings. The first-order valence-corrected chi connectivity index (χ1v) is 9.66. The van der Waals surface area contributed by atoms with Crippen LogP contribution >= 0.6 is 0 Å². The average Bonchev–Trinajstić information content (AvgIpc) is 3.25. The van der Waals surface area contributed by atoms with Gasteiger partial charge in [0.25, 0.3) is 5.91 Å². The van der Waals surface area contributed by atoms with Crippen molar-refractivity contribution in [1.82, 2.24) is 19.7 Å². The van der Waals surface area contributed by atoms with Crippen LogP contribution in [-0.2, 0) is 0 Å². The number of rotatable bonds is 6. The summed E-state index contributed by atoms with van der Waals surface area (Å²) in [4.78, 5) is 20.8. The lowest BCUT2D eigenvalue weighted by atomic mass is 9.91. The number of amides is 1. The Morgan fingerprint density at radius 3 is 2.72 bits per heavy atom. The second-order valence-corrected chi connectivity index (χ2v) is 7.14. The number of hydrogen-bond acceptors (Lipinski definition) is 7. The third-order valence-electron chi connectivity index (χ3n) is 5.06. The van der Waals surface area contributed by atoms with E-state index in [1.54, 1.807) is 29.2 Å². The van der Waals surface area contributed by atoms with E-state index in [1.165, 1.54) is 0 Å². The number of nitrogens with two attached hydrogens (primary N) is 2. The third-order valence-corrected chi connectivity index (χ3v) is 5.06. The van der Waals surface area contributed by atoms with Gasteiger partial charge < -0.3 is 22.1 Å². The lowest BCUT2D eigenvalue weighted by molar-refractivity contribution is 0.100. The molecule has 9 nitrogen and oxygen atoms in total. The van der Waals surface area contributed by atoms with Crippen molar-refractivity contribution < 1.29 is 4.79 Å². The molecule has 0 saturated heterocycles. The summed E-state index contributed by atoms with van der Waals surface area (Å²) in [5.41, 5.74) is 12.7. The van der Waals surface area contributed by atoms with E-state index in [9.17, 15) is 4.79 Å². The van der Waals surface area contributed by atoms with E-state index in [1.807, 2.05) is 24.4 Å². The van der Waals surface area contributed by atoms with E-state index in [0.717, 1.165) is 25.7 Å². The Kier molecular flexibility index (Phi) is 5.39. The molecule has 2 atom stereocenters. The Labute approximate surface area is 168 Å². The van der Waals surface area contributed by atoms with Crippen molar-refractivity contribution >= 4 is 23.2 Å². The SMILES string of the molecule is NC(=O)c1ccc(N[C@@H]2CCCC[C@@H]2N)nc1Nc1ccc(-n2cccn2)nc1. The van der Waals surface area contributed by atoms with Gasteiger partial charge in [-0.3, -0.25) is 4.79 Å². The first kappa shape index (κ1) is 18.9. The lowest BCUT2D eigenvalue weighted by Crippen LogP contribution is -2.42. The van der Waals surface area contributed by atoms with E-state index >= 15 is 0 Å². The molecule has 1 fully saturated rings. The van der Waals surface area contributed by atoms with Crippen molar-refractivity contribution in [1.29, 1.82) is 0 Å². The maximum absolute atomic E-state index is 11.8. The number of primary amides is 1. The van der Waals surface area contributed by atoms with E-state index in [4.69, 9.17) is 11.5 Å². The van der Waals surface area contributed by atoms with Crippen LogP contribution in [0.5, 0.6) is 0 Å². The number of pyridine rings is 2. The van der Waals surface area contributed by atoms with Gasteiger partial charge in [0.15, 0.2) is 5.82 Å². The van der Waals surface area contributed by atoms with Gasteiger partial charge >= 0.3 is 0 Å². The predicted octanol–water partition coefficient (Wildman–Crippen LogP) is 2.19. The van der Waals surface area contributed by atoms with Crippen LogP contribution in [0.15, 0.2) is 48.9 Å². The zero-order valence-electron chi connectivity index (χ0n) is 16.0. The molecule has 0 unspecified atom stereocenters. The van der Waals surface area contributed by atoms with Crippen LogP contribution in [0.1, 0.15) is 36.0 Å². The molecule has 1 amide bonds. The molecule has 1 saturated carbocycles. The Balaban J connectivity index is 1.55. The van der Waals surface area contributed by atoms with Gasteiger partial charge in [0.1, 0.15) is 11.6 Å².